The summed E-state index contributed by atoms with van der Waals surface area (Å²) in [5.41, 5.74) is 2.32. The van der Waals surface area contributed by atoms with E-state index in [0.717, 1.165) is 48.8 Å². The lowest BCUT2D eigenvalue weighted by molar-refractivity contribution is 0.268. The zero-order valence-corrected chi connectivity index (χ0v) is 14.5. The third-order valence-corrected chi connectivity index (χ3v) is 5.26. The highest BCUT2D eigenvalue weighted by atomic mass is 35.5. The van der Waals surface area contributed by atoms with E-state index < -0.39 is 0 Å². The minimum absolute atomic E-state index is 0.0970. The van der Waals surface area contributed by atoms with Crippen LogP contribution in [0.3, 0.4) is 0 Å². The molecule has 1 heterocycles. The maximum absolute atomic E-state index is 9.52. The van der Waals surface area contributed by atoms with E-state index in [1.54, 1.807) is 12.1 Å². The first-order valence-corrected chi connectivity index (χ1v) is 8.74. The molecule has 0 aromatic heterocycles. The highest BCUT2D eigenvalue weighted by Crippen LogP contribution is 2.27. The second-order valence-electron chi connectivity index (χ2n) is 6.09. The van der Waals surface area contributed by atoms with Gasteiger partial charge in [-0.25, -0.2) is 0 Å². The molecule has 0 bridgehead atoms. The van der Waals surface area contributed by atoms with Gasteiger partial charge < -0.3 is 10.0 Å². The van der Waals surface area contributed by atoms with Crippen molar-refractivity contribution in [3.63, 3.8) is 0 Å². The van der Waals surface area contributed by atoms with Gasteiger partial charge in [0.1, 0.15) is 10.7 Å². The molecule has 3 rings (SSSR count). The second-order valence-corrected chi connectivity index (χ2v) is 6.89. The molecule has 2 aromatic carbocycles. The molecule has 23 heavy (non-hydrogen) atoms. The molecular formula is C19H20ClNOS. The quantitative estimate of drug-likeness (QED) is 0.817. The number of aromatic hydroxyl groups is 1. The standard InChI is InChI=1S/C19H20ClNOS/c20-17-13-16(6-7-18(17)22)19(23)21-10-8-15(9-11-21)12-14-4-2-1-3-5-14/h1-7,13,15,22H,8-12H2. The molecule has 4 heteroatoms. The molecule has 0 unspecified atom stereocenters. The summed E-state index contributed by atoms with van der Waals surface area (Å²) >= 11 is 11.6. The molecule has 0 aliphatic carbocycles. The number of hydrogen-bond donors (Lipinski definition) is 1. The van der Waals surface area contributed by atoms with E-state index >= 15 is 0 Å². The first-order chi connectivity index (χ1) is 11.1. The average molecular weight is 346 g/mol. The van der Waals surface area contributed by atoms with Crippen molar-refractivity contribution in [2.75, 3.05) is 13.1 Å². The Morgan fingerprint density at radius 2 is 1.83 bits per heavy atom. The summed E-state index contributed by atoms with van der Waals surface area (Å²) in [4.78, 5) is 3.07. The molecule has 1 N–H and O–H groups in total. The Kier molecular flexibility index (Phi) is 5.19. The van der Waals surface area contributed by atoms with Crippen LogP contribution in [0, 0.1) is 5.92 Å². The molecule has 0 radical (unpaired) electrons. The van der Waals surface area contributed by atoms with Crippen LogP contribution in [0.2, 0.25) is 5.02 Å². The van der Waals surface area contributed by atoms with Crippen LogP contribution in [0.1, 0.15) is 24.0 Å². The van der Waals surface area contributed by atoms with Crippen molar-refractivity contribution in [1.82, 2.24) is 4.90 Å². The smallest absolute Gasteiger partial charge is 0.134 e. The fourth-order valence-electron chi connectivity index (χ4n) is 3.11. The maximum Gasteiger partial charge on any atom is 0.134 e. The summed E-state index contributed by atoms with van der Waals surface area (Å²) in [6.07, 6.45) is 3.45. The Morgan fingerprint density at radius 3 is 2.48 bits per heavy atom. The third-order valence-electron chi connectivity index (χ3n) is 4.46. The Labute approximate surface area is 147 Å². The van der Waals surface area contributed by atoms with Gasteiger partial charge in [0.2, 0.25) is 0 Å². The fraction of sp³-hybridized carbons (Fsp3) is 0.316. The van der Waals surface area contributed by atoms with E-state index in [1.165, 1.54) is 5.56 Å². The molecule has 120 valence electrons. The first-order valence-electron chi connectivity index (χ1n) is 7.95. The predicted molar refractivity (Wildman–Crippen MR) is 99.3 cm³/mol. The summed E-state index contributed by atoms with van der Waals surface area (Å²) in [5, 5.41) is 9.87. The van der Waals surface area contributed by atoms with Crippen molar-refractivity contribution >= 4 is 28.8 Å². The van der Waals surface area contributed by atoms with Gasteiger partial charge in [-0.3, -0.25) is 0 Å². The zero-order valence-electron chi connectivity index (χ0n) is 12.9. The van der Waals surface area contributed by atoms with Crippen molar-refractivity contribution in [2.24, 2.45) is 5.92 Å². The lowest BCUT2D eigenvalue weighted by Crippen LogP contribution is -2.38. The van der Waals surface area contributed by atoms with Crippen LogP contribution < -0.4 is 0 Å². The van der Waals surface area contributed by atoms with Gasteiger partial charge >= 0.3 is 0 Å². The number of halogens is 1. The van der Waals surface area contributed by atoms with E-state index in [0.29, 0.717) is 5.02 Å². The van der Waals surface area contributed by atoms with Crippen molar-refractivity contribution in [3.05, 3.63) is 64.7 Å². The zero-order chi connectivity index (χ0) is 16.2. The number of rotatable bonds is 3. The molecule has 0 spiro atoms. The van der Waals surface area contributed by atoms with Gasteiger partial charge in [0.05, 0.1) is 5.02 Å². The normalized spacial score (nSPS) is 15.6. The molecular weight excluding hydrogens is 326 g/mol. The first kappa shape index (κ1) is 16.3. The number of piperidine rings is 1. The molecule has 1 fully saturated rings. The Hall–Kier alpha value is -1.58. The predicted octanol–water partition coefficient (Wildman–Crippen LogP) is 4.68. The Morgan fingerprint density at radius 1 is 1.13 bits per heavy atom. The van der Waals surface area contributed by atoms with Crippen LogP contribution in [0.15, 0.2) is 48.5 Å². The number of thiocarbonyl (C=S) groups is 1. The fourth-order valence-corrected chi connectivity index (χ4v) is 3.60. The van der Waals surface area contributed by atoms with E-state index in [4.69, 9.17) is 23.8 Å². The molecule has 2 aromatic rings. The van der Waals surface area contributed by atoms with Gasteiger partial charge in [-0.2, -0.15) is 0 Å². The summed E-state index contributed by atoms with van der Waals surface area (Å²) in [6, 6.07) is 15.9. The van der Waals surface area contributed by atoms with Gasteiger partial charge in [-0.1, -0.05) is 54.2 Å². The van der Waals surface area contributed by atoms with Crippen molar-refractivity contribution in [3.8, 4) is 5.75 Å². The van der Waals surface area contributed by atoms with Crippen molar-refractivity contribution in [2.45, 2.75) is 19.3 Å². The van der Waals surface area contributed by atoms with Crippen molar-refractivity contribution in [1.29, 1.82) is 0 Å². The number of hydrogen-bond acceptors (Lipinski definition) is 2. The number of phenolic OH excluding ortho intramolecular Hbond substituents is 1. The van der Waals surface area contributed by atoms with Gasteiger partial charge in [-0.15, -0.1) is 0 Å². The molecule has 0 atom stereocenters. The highest BCUT2D eigenvalue weighted by molar-refractivity contribution is 7.80. The van der Waals surface area contributed by atoms with Crippen LogP contribution in [0.25, 0.3) is 0 Å². The Bertz CT molecular complexity index is 681. The summed E-state index contributed by atoms with van der Waals surface area (Å²) in [5.74, 6) is 0.819. The van der Waals surface area contributed by atoms with E-state index in [1.807, 2.05) is 6.07 Å². The van der Waals surface area contributed by atoms with Gasteiger partial charge in [0, 0.05) is 18.7 Å². The maximum atomic E-state index is 9.52. The van der Waals surface area contributed by atoms with Crippen LogP contribution in [-0.2, 0) is 6.42 Å². The molecule has 1 saturated heterocycles. The third kappa shape index (κ3) is 4.04. The van der Waals surface area contributed by atoms with Crippen molar-refractivity contribution < 1.29 is 5.11 Å². The lowest BCUT2D eigenvalue weighted by Gasteiger charge is -2.34. The largest absolute Gasteiger partial charge is 0.506 e. The molecule has 0 amide bonds. The number of phenols is 1. The topological polar surface area (TPSA) is 23.5 Å². The van der Waals surface area contributed by atoms with Crippen LogP contribution >= 0.6 is 23.8 Å². The summed E-state index contributed by atoms with van der Waals surface area (Å²) in [6.45, 7) is 1.96. The monoisotopic (exact) mass is 345 g/mol. The lowest BCUT2D eigenvalue weighted by atomic mass is 9.90. The molecule has 1 aliphatic rings. The van der Waals surface area contributed by atoms with Crippen LogP contribution in [0.5, 0.6) is 5.75 Å². The molecule has 2 nitrogen and oxygen atoms in total. The minimum atomic E-state index is 0.0970. The number of benzene rings is 2. The van der Waals surface area contributed by atoms with Crippen LogP contribution in [0.4, 0.5) is 0 Å². The van der Waals surface area contributed by atoms with Gasteiger partial charge in [-0.05, 0) is 48.9 Å². The highest BCUT2D eigenvalue weighted by Gasteiger charge is 2.22. The number of likely N-dealkylation sites (tertiary alicyclic amines) is 1. The Balaban J connectivity index is 1.58. The van der Waals surface area contributed by atoms with Gasteiger partial charge in [0.25, 0.3) is 0 Å². The van der Waals surface area contributed by atoms with Gasteiger partial charge in [0.15, 0.2) is 0 Å². The SMILES string of the molecule is Oc1ccc(C(=S)N2CCC(Cc3ccccc3)CC2)cc1Cl. The average Bonchev–Trinajstić information content (AvgIpc) is 2.58. The second kappa shape index (κ2) is 7.33. The summed E-state index contributed by atoms with van der Waals surface area (Å²) in [7, 11) is 0. The number of nitrogens with zero attached hydrogens (tertiary/aromatic N) is 1. The van der Waals surface area contributed by atoms with E-state index in [-0.39, 0.29) is 5.75 Å². The van der Waals surface area contributed by atoms with E-state index in [9.17, 15) is 5.11 Å². The van der Waals surface area contributed by atoms with E-state index in [2.05, 4.69) is 35.2 Å². The van der Waals surface area contributed by atoms with Crippen LogP contribution in [-0.4, -0.2) is 28.1 Å². The molecule has 0 saturated carbocycles. The molecule has 1 aliphatic heterocycles. The summed E-state index contributed by atoms with van der Waals surface area (Å²) < 4.78 is 0. The minimum Gasteiger partial charge on any atom is -0.506 e.